The molecule has 0 unspecified atom stereocenters. The molecule has 31 heavy (non-hydrogen) atoms. The predicted molar refractivity (Wildman–Crippen MR) is 122 cm³/mol. The molecule has 2 aromatic heterocycles. The van der Waals surface area contributed by atoms with E-state index in [1.165, 1.54) is 4.88 Å². The Labute approximate surface area is 187 Å². The van der Waals surface area contributed by atoms with Crippen molar-refractivity contribution in [2.24, 2.45) is 0 Å². The molecule has 4 heterocycles. The summed E-state index contributed by atoms with van der Waals surface area (Å²) in [5.74, 6) is 0.700. The lowest BCUT2D eigenvalue weighted by Gasteiger charge is -2.47. The van der Waals surface area contributed by atoms with Crippen LogP contribution in [0.25, 0.3) is 0 Å². The standard InChI is InChI=1S/C22H30N6O2S/c1-26(2)22(18-4-3-13-31-18)7-5-21(6-8-22)16-28(20(29)25-21)17-14-23-19(24-15-17)27-9-11-30-12-10-27/h3-4,13-15H,5-12,16H2,1-2H3,(H,25,29)/t21-,22+. The average molecular weight is 443 g/mol. The largest absolute Gasteiger partial charge is 0.378 e. The first-order valence-corrected chi connectivity index (χ1v) is 11.9. The van der Waals surface area contributed by atoms with Gasteiger partial charge in [0.05, 0.1) is 48.9 Å². The summed E-state index contributed by atoms with van der Waals surface area (Å²) in [6.45, 7) is 3.65. The van der Waals surface area contributed by atoms with Gasteiger partial charge in [-0.25, -0.2) is 14.8 Å². The molecule has 3 fully saturated rings. The molecule has 5 rings (SSSR count). The molecule has 0 atom stereocenters. The lowest BCUT2D eigenvalue weighted by atomic mass is 9.71. The van der Waals surface area contributed by atoms with Gasteiger partial charge in [-0.3, -0.25) is 9.80 Å². The van der Waals surface area contributed by atoms with Crippen LogP contribution in [-0.2, 0) is 10.3 Å². The highest BCUT2D eigenvalue weighted by atomic mass is 32.1. The Balaban J connectivity index is 1.29. The molecule has 2 aromatic rings. The van der Waals surface area contributed by atoms with Crippen LogP contribution in [-0.4, -0.2) is 73.4 Å². The fourth-order valence-electron chi connectivity index (χ4n) is 5.18. The fourth-order valence-corrected chi connectivity index (χ4v) is 6.25. The average Bonchev–Trinajstić information content (AvgIpc) is 3.44. The number of amides is 2. The van der Waals surface area contributed by atoms with Crippen LogP contribution in [0.2, 0.25) is 0 Å². The van der Waals surface area contributed by atoms with Gasteiger partial charge in [-0.05, 0) is 51.2 Å². The molecule has 2 aliphatic heterocycles. The van der Waals surface area contributed by atoms with Gasteiger partial charge >= 0.3 is 6.03 Å². The summed E-state index contributed by atoms with van der Waals surface area (Å²) in [5.41, 5.74) is 0.631. The Kier molecular flexibility index (Phi) is 5.35. The minimum absolute atomic E-state index is 0.0452. The molecule has 0 radical (unpaired) electrons. The summed E-state index contributed by atoms with van der Waals surface area (Å²) in [7, 11) is 4.34. The number of hydrogen-bond donors (Lipinski definition) is 1. The minimum atomic E-state index is -0.184. The van der Waals surface area contributed by atoms with E-state index in [9.17, 15) is 4.79 Å². The molecular weight excluding hydrogens is 412 g/mol. The molecule has 1 saturated carbocycles. The fraction of sp³-hybridized carbons (Fsp3) is 0.591. The van der Waals surface area contributed by atoms with Crippen LogP contribution >= 0.6 is 11.3 Å². The number of hydrogen-bond acceptors (Lipinski definition) is 7. The molecule has 1 N–H and O–H groups in total. The van der Waals surface area contributed by atoms with Crippen molar-refractivity contribution in [3.05, 3.63) is 34.8 Å². The Bertz CT molecular complexity index is 903. The van der Waals surface area contributed by atoms with Crippen molar-refractivity contribution < 1.29 is 9.53 Å². The van der Waals surface area contributed by atoms with Crippen LogP contribution in [0.4, 0.5) is 16.4 Å². The van der Waals surface area contributed by atoms with E-state index < -0.39 is 0 Å². The third-order valence-corrected chi connectivity index (χ3v) is 8.24. The highest BCUT2D eigenvalue weighted by Gasteiger charge is 2.50. The van der Waals surface area contributed by atoms with E-state index in [4.69, 9.17) is 4.74 Å². The van der Waals surface area contributed by atoms with Gasteiger partial charge < -0.3 is 15.0 Å². The van der Waals surface area contributed by atoms with E-state index in [2.05, 4.69) is 56.7 Å². The number of anilines is 2. The molecule has 2 saturated heterocycles. The van der Waals surface area contributed by atoms with Gasteiger partial charge in [-0.15, -0.1) is 11.3 Å². The first kappa shape index (κ1) is 20.7. The second kappa shape index (κ2) is 8.03. The van der Waals surface area contributed by atoms with Crippen molar-refractivity contribution >= 4 is 29.0 Å². The zero-order chi connectivity index (χ0) is 21.5. The normalized spacial score (nSPS) is 29.1. The molecule has 3 aliphatic rings. The van der Waals surface area contributed by atoms with Crippen LogP contribution in [0.3, 0.4) is 0 Å². The number of carbonyl (C=O) groups excluding carboxylic acids is 1. The molecule has 166 valence electrons. The lowest BCUT2D eigenvalue weighted by molar-refractivity contribution is 0.0689. The van der Waals surface area contributed by atoms with Gasteiger partial charge in [-0.2, -0.15) is 0 Å². The molecule has 1 spiro atoms. The summed E-state index contributed by atoms with van der Waals surface area (Å²) in [6.07, 6.45) is 7.52. The van der Waals surface area contributed by atoms with Crippen LogP contribution < -0.4 is 15.1 Å². The smallest absolute Gasteiger partial charge is 0.322 e. The van der Waals surface area contributed by atoms with Crippen molar-refractivity contribution in [2.45, 2.75) is 36.8 Å². The van der Waals surface area contributed by atoms with E-state index in [1.807, 2.05) is 11.3 Å². The molecule has 0 aromatic carbocycles. The maximum absolute atomic E-state index is 12.9. The van der Waals surface area contributed by atoms with Crippen LogP contribution in [0.1, 0.15) is 30.6 Å². The topological polar surface area (TPSA) is 73.8 Å². The van der Waals surface area contributed by atoms with Crippen LogP contribution in [0.5, 0.6) is 0 Å². The first-order valence-electron chi connectivity index (χ1n) is 11.0. The molecule has 9 heteroatoms. The number of aromatic nitrogens is 2. The number of morpholine rings is 1. The molecular formula is C22H30N6O2S. The van der Waals surface area contributed by atoms with Crippen LogP contribution in [0.15, 0.2) is 29.9 Å². The van der Waals surface area contributed by atoms with Crippen molar-refractivity contribution in [3.8, 4) is 0 Å². The lowest BCUT2D eigenvalue weighted by Crippen LogP contribution is -2.53. The van der Waals surface area contributed by atoms with Gasteiger partial charge in [0, 0.05) is 18.0 Å². The molecule has 8 nitrogen and oxygen atoms in total. The van der Waals surface area contributed by atoms with Crippen molar-refractivity contribution in [3.63, 3.8) is 0 Å². The van der Waals surface area contributed by atoms with Crippen molar-refractivity contribution in [2.75, 3.05) is 56.7 Å². The van der Waals surface area contributed by atoms with Crippen molar-refractivity contribution in [1.82, 2.24) is 20.2 Å². The first-order chi connectivity index (χ1) is 15.0. The SMILES string of the molecule is CN(C)[C@]1(c2cccs2)CC[C@]2(CC1)CN(c1cnc(N3CCOCC3)nc1)C(=O)N2. The van der Waals surface area contributed by atoms with E-state index in [1.54, 1.807) is 17.3 Å². The summed E-state index contributed by atoms with van der Waals surface area (Å²) in [6, 6.07) is 4.33. The quantitative estimate of drug-likeness (QED) is 0.785. The van der Waals surface area contributed by atoms with Crippen molar-refractivity contribution in [1.29, 1.82) is 0 Å². The Morgan fingerprint density at radius 3 is 2.45 bits per heavy atom. The number of nitrogens with one attached hydrogen (secondary N) is 1. The number of urea groups is 1. The summed E-state index contributed by atoms with van der Waals surface area (Å²) in [4.78, 5) is 29.6. The summed E-state index contributed by atoms with van der Waals surface area (Å²) < 4.78 is 5.40. The van der Waals surface area contributed by atoms with E-state index >= 15 is 0 Å². The maximum atomic E-state index is 12.9. The van der Waals surface area contributed by atoms with Gasteiger partial charge in [0.25, 0.3) is 0 Å². The maximum Gasteiger partial charge on any atom is 0.322 e. The van der Waals surface area contributed by atoms with E-state index in [0.29, 0.717) is 25.7 Å². The van der Waals surface area contributed by atoms with Crippen LogP contribution in [0, 0.1) is 0 Å². The van der Waals surface area contributed by atoms with Gasteiger partial charge in [0.1, 0.15) is 0 Å². The number of nitrogens with zero attached hydrogens (tertiary/aromatic N) is 5. The summed E-state index contributed by atoms with van der Waals surface area (Å²) >= 11 is 1.83. The minimum Gasteiger partial charge on any atom is -0.378 e. The Morgan fingerprint density at radius 1 is 1.13 bits per heavy atom. The molecule has 0 bridgehead atoms. The summed E-state index contributed by atoms with van der Waals surface area (Å²) in [5, 5.41) is 5.46. The number of rotatable bonds is 4. The highest BCUT2D eigenvalue weighted by Crippen LogP contribution is 2.47. The third-order valence-electron chi connectivity index (χ3n) is 7.18. The zero-order valence-electron chi connectivity index (χ0n) is 18.2. The van der Waals surface area contributed by atoms with Gasteiger partial charge in [-0.1, -0.05) is 6.07 Å². The number of ether oxygens (including phenoxy) is 1. The highest BCUT2D eigenvalue weighted by molar-refractivity contribution is 7.10. The second-order valence-corrected chi connectivity index (χ2v) is 9.99. The Morgan fingerprint density at radius 2 is 1.84 bits per heavy atom. The number of carbonyl (C=O) groups is 1. The van der Waals surface area contributed by atoms with Gasteiger partial charge in [0.2, 0.25) is 5.95 Å². The zero-order valence-corrected chi connectivity index (χ0v) is 19.0. The second-order valence-electron chi connectivity index (χ2n) is 9.04. The third kappa shape index (κ3) is 3.68. The molecule has 2 amide bonds. The Hall–Kier alpha value is -2.23. The van der Waals surface area contributed by atoms with Gasteiger partial charge in [0.15, 0.2) is 0 Å². The molecule has 1 aliphatic carbocycles. The number of thiophene rings is 1. The predicted octanol–water partition coefficient (Wildman–Crippen LogP) is 2.67. The van der Waals surface area contributed by atoms with E-state index in [0.717, 1.165) is 44.5 Å². The van der Waals surface area contributed by atoms with E-state index in [-0.39, 0.29) is 17.1 Å². The monoisotopic (exact) mass is 442 g/mol.